The van der Waals surface area contributed by atoms with Crippen molar-refractivity contribution in [3.63, 3.8) is 0 Å². The molecule has 0 spiro atoms. The number of rotatable bonds is 17. The zero-order valence-electron chi connectivity index (χ0n) is 23.5. The van der Waals surface area contributed by atoms with E-state index in [2.05, 4.69) is 28.2 Å². The van der Waals surface area contributed by atoms with Crippen LogP contribution < -0.4 is 21.3 Å². The van der Waals surface area contributed by atoms with E-state index in [9.17, 15) is 0 Å². The summed E-state index contributed by atoms with van der Waals surface area (Å²) in [6, 6.07) is 0. The summed E-state index contributed by atoms with van der Waals surface area (Å²) in [6.45, 7) is 10.4. The molecule has 0 aromatic carbocycles. The molecule has 1 atom stereocenters. The van der Waals surface area contributed by atoms with Gasteiger partial charge in [0, 0.05) is 58.9 Å². The van der Waals surface area contributed by atoms with Crippen LogP contribution in [-0.2, 0) is 17.1 Å². The average Bonchev–Trinajstić information content (AvgIpc) is 2.86. The molecule has 5 nitrogen and oxygen atoms in total. The topological polar surface area (TPSA) is 51.4 Å². The van der Waals surface area contributed by atoms with Crippen molar-refractivity contribution in [1.29, 1.82) is 0 Å². The van der Waals surface area contributed by atoms with E-state index in [4.69, 9.17) is 23.4 Å². The summed E-state index contributed by atoms with van der Waals surface area (Å²) in [4.78, 5) is -0.516. The number of nitrogens with zero attached hydrogens (tertiary/aromatic N) is 1. The Morgan fingerprint density at radius 3 is 1.36 bits per heavy atom. The number of alkyl halides is 1. The Labute approximate surface area is 245 Å². The zero-order valence-corrected chi connectivity index (χ0v) is 26.2. The molecular weight excluding hydrogens is 532 g/mol. The largest absolute Gasteiger partial charge is 2.00 e. The third-order valence-electron chi connectivity index (χ3n) is 7.16. The van der Waals surface area contributed by atoms with E-state index in [1.807, 2.05) is 4.42 Å². The first kappa shape index (κ1) is 36.9. The number of nitrogens with one attached hydrogen (secondary N) is 4. The molecule has 0 aromatic heterocycles. The van der Waals surface area contributed by atoms with Crippen molar-refractivity contribution in [3.05, 3.63) is 0 Å². The standard InChI is InChI=1S/C28H59Cl2N5.Mn/c1-2-3-4-5-6-7-8-9-10-11-12-13-14-15-16-17-18-28(29)27-34-24-23-32-20-19-31-21-22-33-25-26-35(28)30;/h31-34H,2-27H2,1H3;/q;+2. The van der Waals surface area contributed by atoms with Gasteiger partial charge in [0.05, 0.1) is 0 Å². The fourth-order valence-electron chi connectivity index (χ4n) is 4.80. The van der Waals surface area contributed by atoms with Crippen molar-refractivity contribution in [2.75, 3.05) is 58.9 Å². The van der Waals surface area contributed by atoms with Gasteiger partial charge >= 0.3 is 17.1 Å². The minimum absolute atomic E-state index is 0. The average molecular weight is 592 g/mol. The van der Waals surface area contributed by atoms with E-state index in [1.165, 1.54) is 96.3 Å². The van der Waals surface area contributed by atoms with Gasteiger partial charge in [-0.3, -0.25) is 0 Å². The Morgan fingerprint density at radius 2 is 0.917 bits per heavy atom. The maximum absolute atomic E-state index is 7.06. The fraction of sp³-hybridized carbons (Fsp3) is 1.00. The van der Waals surface area contributed by atoms with Gasteiger partial charge < -0.3 is 21.3 Å². The SMILES string of the molecule is CCCCCCCCCCCCCCCCCCC1(Cl)CNCCNCCNCCNCCN1Cl.[Mn+2]. The van der Waals surface area contributed by atoms with Crippen LogP contribution in [0.3, 0.4) is 0 Å². The van der Waals surface area contributed by atoms with Gasteiger partial charge in [0.25, 0.3) is 0 Å². The van der Waals surface area contributed by atoms with Crippen LogP contribution in [0.1, 0.15) is 116 Å². The van der Waals surface area contributed by atoms with E-state index in [-0.39, 0.29) is 17.1 Å². The second kappa shape index (κ2) is 27.5. The third kappa shape index (κ3) is 21.8. The predicted molar refractivity (Wildman–Crippen MR) is 157 cm³/mol. The van der Waals surface area contributed by atoms with Crippen LogP contribution in [0.25, 0.3) is 0 Å². The monoisotopic (exact) mass is 590 g/mol. The molecule has 1 unspecified atom stereocenters. The number of halogens is 2. The van der Waals surface area contributed by atoms with Crippen molar-refractivity contribution in [3.8, 4) is 0 Å². The Balaban J connectivity index is 0.0000122. The molecule has 215 valence electrons. The maximum Gasteiger partial charge on any atom is 2.00 e. The second-order valence-corrected chi connectivity index (χ2v) is 11.6. The first-order chi connectivity index (χ1) is 17.2. The van der Waals surface area contributed by atoms with Crippen molar-refractivity contribution < 1.29 is 17.1 Å². The molecule has 1 saturated heterocycles. The molecule has 1 aliphatic heterocycles. The molecule has 0 saturated carbocycles. The van der Waals surface area contributed by atoms with Gasteiger partial charge in [0.2, 0.25) is 0 Å². The molecule has 0 aliphatic carbocycles. The molecule has 1 rings (SSSR count). The Hall–Kier alpha value is 0.899. The molecule has 1 heterocycles. The normalized spacial score (nSPS) is 21.4. The van der Waals surface area contributed by atoms with Gasteiger partial charge in [0.15, 0.2) is 0 Å². The van der Waals surface area contributed by atoms with Gasteiger partial charge in [-0.1, -0.05) is 121 Å². The molecule has 0 bridgehead atoms. The van der Waals surface area contributed by atoms with Crippen molar-refractivity contribution in [2.45, 2.75) is 121 Å². The van der Waals surface area contributed by atoms with Crippen molar-refractivity contribution in [2.24, 2.45) is 0 Å². The van der Waals surface area contributed by atoms with Gasteiger partial charge in [-0.05, 0) is 18.2 Å². The van der Waals surface area contributed by atoms with Gasteiger partial charge in [0.1, 0.15) is 5.00 Å². The van der Waals surface area contributed by atoms with Crippen LogP contribution in [-0.4, -0.2) is 68.3 Å². The second-order valence-electron chi connectivity index (χ2n) is 10.5. The Kier molecular flexibility index (Phi) is 28.2. The number of hydrogen-bond donors (Lipinski definition) is 4. The zero-order chi connectivity index (χ0) is 25.3. The first-order valence-corrected chi connectivity index (χ1v) is 15.9. The summed E-state index contributed by atoms with van der Waals surface area (Å²) in [5, 5.41) is 13.9. The summed E-state index contributed by atoms with van der Waals surface area (Å²) in [6.07, 6.45) is 23.1. The molecular formula is C28H59Cl2MnN5+2. The minimum atomic E-state index is -0.516. The van der Waals surface area contributed by atoms with Crippen molar-refractivity contribution >= 4 is 23.4 Å². The van der Waals surface area contributed by atoms with E-state index < -0.39 is 5.00 Å². The molecule has 1 radical (unpaired) electrons. The van der Waals surface area contributed by atoms with E-state index in [0.717, 1.165) is 71.7 Å². The van der Waals surface area contributed by atoms with Crippen LogP contribution >= 0.6 is 23.4 Å². The predicted octanol–water partition coefficient (Wildman–Crippen LogP) is 6.40. The summed E-state index contributed by atoms with van der Waals surface area (Å²) < 4.78 is 1.83. The molecule has 1 aliphatic rings. The van der Waals surface area contributed by atoms with Crippen LogP contribution in [0.5, 0.6) is 0 Å². The van der Waals surface area contributed by atoms with Gasteiger partial charge in [-0.25, -0.2) is 0 Å². The third-order valence-corrected chi connectivity index (χ3v) is 8.27. The van der Waals surface area contributed by atoms with E-state index in [0.29, 0.717) is 0 Å². The Bertz CT molecular complexity index is 450. The van der Waals surface area contributed by atoms with E-state index in [1.54, 1.807) is 0 Å². The fourth-order valence-corrected chi connectivity index (χ4v) is 5.34. The van der Waals surface area contributed by atoms with Crippen LogP contribution in [0, 0.1) is 0 Å². The van der Waals surface area contributed by atoms with Gasteiger partial charge in [-0.2, -0.15) is 4.42 Å². The summed E-state index contributed by atoms with van der Waals surface area (Å²) in [5.41, 5.74) is 0. The van der Waals surface area contributed by atoms with Crippen LogP contribution in [0.2, 0.25) is 0 Å². The molecule has 8 heteroatoms. The number of unbranched alkanes of at least 4 members (excludes halogenated alkanes) is 15. The molecule has 0 amide bonds. The Morgan fingerprint density at radius 1 is 0.556 bits per heavy atom. The van der Waals surface area contributed by atoms with Crippen LogP contribution in [0.4, 0.5) is 0 Å². The summed E-state index contributed by atoms with van der Waals surface area (Å²) in [7, 11) is 0. The maximum atomic E-state index is 7.06. The smallest absolute Gasteiger partial charge is 0.314 e. The summed E-state index contributed by atoms with van der Waals surface area (Å²) >= 11 is 13.8. The molecule has 0 aromatic rings. The minimum Gasteiger partial charge on any atom is -0.314 e. The molecule has 1 fully saturated rings. The first-order valence-electron chi connectivity index (χ1n) is 15.1. The molecule has 36 heavy (non-hydrogen) atoms. The van der Waals surface area contributed by atoms with Gasteiger partial charge in [-0.15, -0.1) is 0 Å². The quantitative estimate of drug-likeness (QED) is 0.0519. The number of hydrogen-bond acceptors (Lipinski definition) is 5. The summed E-state index contributed by atoms with van der Waals surface area (Å²) in [5.74, 6) is 0. The van der Waals surface area contributed by atoms with Crippen molar-refractivity contribution in [1.82, 2.24) is 25.7 Å². The van der Waals surface area contributed by atoms with Crippen LogP contribution in [0.15, 0.2) is 0 Å². The van der Waals surface area contributed by atoms with E-state index >= 15 is 0 Å². The molecule has 4 N–H and O–H groups in total.